The smallest absolute Gasteiger partial charge is 0.277 e. The number of pyridine rings is 1. The van der Waals surface area contributed by atoms with Crippen molar-refractivity contribution in [3.63, 3.8) is 0 Å². The lowest BCUT2D eigenvalue weighted by molar-refractivity contribution is 0.399. The van der Waals surface area contributed by atoms with E-state index in [-0.39, 0.29) is 10.8 Å². The standard InChI is InChI=1S/C31H27FN4O4S/c1-18-25(13-14-34-29(18)32)21-9-11-24(12-10-21)41(39,40)28-30(37)35-26(16-19-5-6-19)36(31(28)38)27(22-7-8-22)23-4-2-3-20(15-23)17-33/h2-4,9-15,19,22,27,37H,5-8,16H2,1H3. The summed E-state index contributed by atoms with van der Waals surface area (Å²) in [5.41, 5.74) is 1.80. The molecule has 2 aromatic heterocycles. The number of aromatic nitrogens is 3. The average Bonchev–Trinajstić information content (AvgIpc) is 3.89. The molecule has 4 aromatic rings. The molecule has 0 spiro atoms. The Bertz CT molecular complexity index is 1870. The number of hydrogen-bond donors (Lipinski definition) is 1. The minimum atomic E-state index is -4.49. The SMILES string of the molecule is Cc1c(-c2ccc(S(=O)(=O)c3c(O)nc(CC4CC4)n(C(c4cccc(C#N)c4)C4CC4)c3=O)cc2)ccnc1F. The summed E-state index contributed by atoms with van der Waals surface area (Å²) < 4.78 is 43.2. The molecule has 0 bridgehead atoms. The van der Waals surface area contributed by atoms with Gasteiger partial charge >= 0.3 is 0 Å². The van der Waals surface area contributed by atoms with Gasteiger partial charge in [-0.3, -0.25) is 9.36 Å². The van der Waals surface area contributed by atoms with E-state index in [4.69, 9.17) is 0 Å². The van der Waals surface area contributed by atoms with Gasteiger partial charge in [-0.25, -0.2) is 13.4 Å². The van der Waals surface area contributed by atoms with Gasteiger partial charge in [0.15, 0.2) is 4.90 Å². The average molecular weight is 571 g/mol. The van der Waals surface area contributed by atoms with Gasteiger partial charge in [-0.05, 0) is 91.5 Å². The zero-order chi connectivity index (χ0) is 28.9. The topological polar surface area (TPSA) is 126 Å². The Kier molecular flexibility index (Phi) is 6.70. The van der Waals surface area contributed by atoms with E-state index in [2.05, 4.69) is 16.0 Å². The minimum Gasteiger partial charge on any atom is -0.492 e. The molecule has 2 aromatic carbocycles. The Balaban J connectivity index is 1.49. The fourth-order valence-electron chi connectivity index (χ4n) is 5.39. The van der Waals surface area contributed by atoms with Crippen LogP contribution in [0.1, 0.15) is 54.2 Å². The van der Waals surface area contributed by atoms with Crippen molar-refractivity contribution in [2.24, 2.45) is 11.8 Å². The van der Waals surface area contributed by atoms with Gasteiger partial charge in [-0.15, -0.1) is 0 Å². The zero-order valence-electron chi connectivity index (χ0n) is 22.3. The number of sulfone groups is 1. The number of benzene rings is 2. The summed E-state index contributed by atoms with van der Waals surface area (Å²) >= 11 is 0. The highest BCUT2D eigenvalue weighted by Gasteiger charge is 2.39. The largest absolute Gasteiger partial charge is 0.492 e. The second-order valence-corrected chi connectivity index (χ2v) is 12.7. The zero-order valence-corrected chi connectivity index (χ0v) is 23.1. The van der Waals surface area contributed by atoms with Crippen LogP contribution in [0, 0.1) is 36.0 Å². The lowest BCUT2D eigenvalue weighted by Gasteiger charge is -2.24. The molecule has 208 valence electrons. The van der Waals surface area contributed by atoms with Crippen LogP contribution in [0.15, 0.2) is 75.4 Å². The molecular formula is C31H27FN4O4S. The molecule has 8 nitrogen and oxygen atoms in total. The van der Waals surface area contributed by atoms with Crippen molar-refractivity contribution in [3.05, 3.63) is 99.6 Å². The molecule has 1 unspecified atom stereocenters. The van der Waals surface area contributed by atoms with Crippen LogP contribution in [0.3, 0.4) is 0 Å². The van der Waals surface area contributed by atoms with Crippen LogP contribution in [0.25, 0.3) is 11.1 Å². The molecule has 2 saturated carbocycles. The molecule has 2 aliphatic carbocycles. The van der Waals surface area contributed by atoms with E-state index in [9.17, 15) is 28.0 Å². The second-order valence-electron chi connectivity index (χ2n) is 10.8. The van der Waals surface area contributed by atoms with Crippen molar-refractivity contribution in [2.75, 3.05) is 0 Å². The third-order valence-electron chi connectivity index (χ3n) is 7.89. The van der Waals surface area contributed by atoms with Crippen LogP contribution < -0.4 is 5.56 Å². The Morgan fingerprint density at radius 2 is 1.85 bits per heavy atom. The van der Waals surface area contributed by atoms with Crippen molar-refractivity contribution in [1.82, 2.24) is 14.5 Å². The Morgan fingerprint density at radius 1 is 1.12 bits per heavy atom. The van der Waals surface area contributed by atoms with Crippen LogP contribution in [-0.2, 0) is 16.3 Å². The Hall–Kier alpha value is -4.36. The van der Waals surface area contributed by atoms with Gasteiger partial charge in [-0.1, -0.05) is 24.3 Å². The van der Waals surface area contributed by atoms with Gasteiger partial charge < -0.3 is 5.11 Å². The molecule has 1 atom stereocenters. The van der Waals surface area contributed by atoms with E-state index in [1.165, 1.54) is 35.0 Å². The third-order valence-corrected chi connectivity index (χ3v) is 9.68. The van der Waals surface area contributed by atoms with E-state index in [1.54, 1.807) is 31.2 Å². The summed E-state index contributed by atoms with van der Waals surface area (Å²) in [5, 5.41) is 20.4. The molecular weight excluding hydrogens is 543 g/mol. The summed E-state index contributed by atoms with van der Waals surface area (Å²) in [6.45, 7) is 1.58. The fourth-order valence-corrected chi connectivity index (χ4v) is 6.73. The molecule has 2 heterocycles. The van der Waals surface area contributed by atoms with E-state index in [0.29, 0.717) is 40.4 Å². The molecule has 10 heteroatoms. The monoisotopic (exact) mass is 570 g/mol. The van der Waals surface area contributed by atoms with Crippen molar-refractivity contribution in [1.29, 1.82) is 5.26 Å². The molecule has 2 aliphatic rings. The predicted molar refractivity (Wildman–Crippen MR) is 148 cm³/mol. The van der Waals surface area contributed by atoms with E-state index >= 15 is 0 Å². The van der Waals surface area contributed by atoms with Gasteiger partial charge in [0.2, 0.25) is 21.7 Å². The van der Waals surface area contributed by atoms with Crippen LogP contribution in [-0.4, -0.2) is 28.1 Å². The first-order valence-corrected chi connectivity index (χ1v) is 15.0. The molecule has 41 heavy (non-hydrogen) atoms. The van der Waals surface area contributed by atoms with Gasteiger partial charge in [0, 0.05) is 18.2 Å². The van der Waals surface area contributed by atoms with Crippen molar-refractivity contribution in [2.45, 2.75) is 54.9 Å². The first-order chi connectivity index (χ1) is 19.7. The maximum Gasteiger partial charge on any atom is 0.277 e. The number of hydrogen-bond acceptors (Lipinski definition) is 7. The number of nitriles is 1. The highest BCUT2D eigenvalue weighted by atomic mass is 32.2. The second kappa shape index (κ2) is 10.2. The van der Waals surface area contributed by atoms with Gasteiger partial charge in [0.05, 0.1) is 22.6 Å². The summed E-state index contributed by atoms with van der Waals surface area (Å²) in [7, 11) is -4.49. The number of rotatable bonds is 8. The van der Waals surface area contributed by atoms with E-state index in [1.807, 2.05) is 6.07 Å². The summed E-state index contributed by atoms with van der Waals surface area (Å²) in [6, 6.07) is 15.9. The lowest BCUT2D eigenvalue weighted by atomic mass is 9.99. The molecule has 0 aliphatic heterocycles. The minimum absolute atomic E-state index is 0.0739. The molecule has 1 N–H and O–H groups in total. The van der Waals surface area contributed by atoms with Crippen LogP contribution in [0.4, 0.5) is 4.39 Å². The summed E-state index contributed by atoms with van der Waals surface area (Å²) in [4.78, 5) is 21.1. The first-order valence-electron chi connectivity index (χ1n) is 13.5. The Morgan fingerprint density at radius 3 is 2.51 bits per heavy atom. The molecule has 6 rings (SSSR count). The quantitative estimate of drug-likeness (QED) is 0.292. The Labute approximate surface area is 236 Å². The van der Waals surface area contributed by atoms with Crippen LogP contribution in [0.2, 0.25) is 0 Å². The maximum absolute atomic E-state index is 14.2. The van der Waals surface area contributed by atoms with Crippen molar-refractivity contribution in [3.8, 4) is 23.1 Å². The first kappa shape index (κ1) is 26.8. The normalized spacial score (nSPS) is 15.8. The van der Waals surface area contributed by atoms with Gasteiger partial charge in [0.25, 0.3) is 5.56 Å². The van der Waals surface area contributed by atoms with Crippen LogP contribution >= 0.6 is 0 Å². The number of aromatic hydroxyl groups is 1. The summed E-state index contributed by atoms with van der Waals surface area (Å²) in [6.07, 6.45) is 5.41. The van der Waals surface area contributed by atoms with Crippen LogP contribution in [0.5, 0.6) is 5.88 Å². The highest BCUT2D eigenvalue weighted by molar-refractivity contribution is 7.91. The molecule has 0 amide bonds. The summed E-state index contributed by atoms with van der Waals surface area (Å²) in [5.74, 6) is -0.705. The maximum atomic E-state index is 14.2. The number of nitrogens with zero attached hydrogens (tertiary/aromatic N) is 4. The van der Waals surface area contributed by atoms with E-state index in [0.717, 1.165) is 31.2 Å². The van der Waals surface area contributed by atoms with E-state index < -0.39 is 38.2 Å². The predicted octanol–water partition coefficient (Wildman–Crippen LogP) is 5.11. The lowest BCUT2D eigenvalue weighted by Crippen LogP contribution is -2.34. The third kappa shape index (κ3) is 5.02. The molecule has 2 fully saturated rings. The molecule has 0 radical (unpaired) electrons. The number of halogens is 1. The molecule has 0 saturated heterocycles. The fraction of sp³-hybridized carbons (Fsp3) is 0.290. The van der Waals surface area contributed by atoms with Crippen molar-refractivity contribution < 1.29 is 17.9 Å². The van der Waals surface area contributed by atoms with Gasteiger partial charge in [0.1, 0.15) is 5.82 Å². The van der Waals surface area contributed by atoms with Crippen molar-refractivity contribution >= 4 is 9.84 Å². The van der Waals surface area contributed by atoms with Gasteiger partial charge in [-0.2, -0.15) is 14.6 Å². The highest BCUT2D eigenvalue weighted by Crippen LogP contribution is 2.45.